The molecule has 0 bridgehead atoms. The summed E-state index contributed by atoms with van der Waals surface area (Å²) in [6.07, 6.45) is 2.96. The lowest BCUT2D eigenvalue weighted by atomic mass is 10.4. The molecule has 0 fully saturated rings. The minimum atomic E-state index is -1.84. The van der Waals surface area contributed by atoms with Gasteiger partial charge < -0.3 is 0 Å². The molecule has 0 N–H and O–H groups in total. The van der Waals surface area contributed by atoms with E-state index in [0.717, 1.165) is 11.9 Å². The van der Waals surface area contributed by atoms with E-state index in [1.165, 1.54) is 15.9 Å². The maximum Gasteiger partial charge on any atom is 0.118 e. The zero-order chi connectivity index (χ0) is 17.8. The zero-order valence-corrected chi connectivity index (χ0v) is 15.8. The van der Waals surface area contributed by atoms with E-state index in [9.17, 15) is 0 Å². The van der Waals surface area contributed by atoms with Gasteiger partial charge in [0.1, 0.15) is 35.0 Å². The smallest absolute Gasteiger partial charge is 0.118 e. The van der Waals surface area contributed by atoms with Gasteiger partial charge in [-0.2, -0.15) is 5.10 Å². The van der Waals surface area contributed by atoms with Crippen molar-refractivity contribution in [1.82, 2.24) is 9.78 Å². The minimum absolute atomic E-state index is 0.922. The number of aryl methyl sites for hydroxylation is 1. The third-order valence-corrected chi connectivity index (χ3v) is 9.10. The van der Waals surface area contributed by atoms with Gasteiger partial charge in [-0.15, -0.1) is 0 Å². The number of hydrogen-bond donors (Lipinski definition) is 0. The molecule has 0 saturated carbocycles. The van der Waals surface area contributed by atoms with Crippen molar-refractivity contribution in [2.75, 3.05) is 0 Å². The lowest BCUT2D eigenvalue weighted by Gasteiger charge is -2.27. The van der Waals surface area contributed by atoms with E-state index >= 15 is 0 Å². The predicted octanol–water partition coefficient (Wildman–Crippen LogP) is 3.91. The Morgan fingerprint density at radius 3 is 1.42 bits per heavy atom. The second-order valence-corrected chi connectivity index (χ2v) is 9.94. The maximum atomic E-state index is 4.72. The highest BCUT2D eigenvalue weighted by molar-refractivity contribution is 7.95. The molecular formula is C23H22N2P+. The van der Waals surface area contributed by atoms with Crippen LogP contribution in [0.1, 0.15) is 5.69 Å². The van der Waals surface area contributed by atoms with Crippen LogP contribution in [0, 0.1) is 0 Å². The first-order chi connectivity index (χ1) is 12.8. The number of benzene rings is 3. The summed E-state index contributed by atoms with van der Waals surface area (Å²) >= 11 is 0. The molecule has 0 aliphatic heterocycles. The van der Waals surface area contributed by atoms with E-state index in [4.69, 9.17) is 5.10 Å². The monoisotopic (exact) mass is 357 g/mol. The van der Waals surface area contributed by atoms with Crippen LogP contribution in [0.15, 0.2) is 103 Å². The van der Waals surface area contributed by atoms with Gasteiger partial charge in [-0.3, -0.25) is 4.68 Å². The van der Waals surface area contributed by atoms with Gasteiger partial charge in [0.25, 0.3) is 0 Å². The van der Waals surface area contributed by atoms with E-state index in [1.807, 2.05) is 17.9 Å². The lowest BCUT2D eigenvalue weighted by molar-refractivity contribution is 0.754. The molecule has 128 valence electrons. The molecule has 4 rings (SSSR count). The topological polar surface area (TPSA) is 17.8 Å². The molecular weight excluding hydrogens is 335 g/mol. The Balaban J connectivity index is 2.00. The Labute approximate surface area is 155 Å². The fourth-order valence-corrected chi connectivity index (χ4v) is 7.70. The van der Waals surface area contributed by atoms with E-state index in [-0.39, 0.29) is 0 Å². The molecule has 3 aromatic carbocycles. The van der Waals surface area contributed by atoms with Gasteiger partial charge in [0.2, 0.25) is 0 Å². The Bertz CT molecular complexity index is 866. The summed E-state index contributed by atoms with van der Waals surface area (Å²) in [5.74, 6) is 0. The van der Waals surface area contributed by atoms with E-state index in [0.29, 0.717) is 0 Å². The van der Waals surface area contributed by atoms with Gasteiger partial charge in [0, 0.05) is 13.2 Å². The van der Waals surface area contributed by atoms with Crippen molar-refractivity contribution in [1.29, 1.82) is 0 Å². The molecule has 0 saturated heterocycles. The standard InChI is InChI=1S/C23H22N2P/c1-25-18-17-20(24-25)19-26(21-11-5-2-6-12-21,22-13-7-3-8-14-22)23-15-9-4-10-16-23/h2-18H,19H2,1H3/q+1. The number of rotatable bonds is 5. The van der Waals surface area contributed by atoms with Crippen LogP contribution in [0.3, 0.4) is 0 Å². The Kier molecular flexibility index (Phi) is 4.69. The van der Waals surface area contributed by atoms with Crippen molar-refractivity contribution >= 4 is 23.2 Å². The Morgan fingerprint density at radius 2 is 1.08 bits per heavy atom. The van der Waals surface area contributed by atoms with Crippen LogP contribution in [0.2, 0.25) is 0 Å². The SMILES string of the molecule is Cn1ccc(C[P+](c2ccccc2)(c2ccccc2)c2ccccc2)n1. The van der Waals surface area contributed by atoms with Crippen molar-refractivity contribution in [2.24, 2.45) is 7.05 Å². The third-order valence-electron chi connectivity index (χ3n) is 4.76. The zero-order valence-electron chi connectivity index (χ0n) is 14.9. The molecule has 0 aliphatic rings. The number of nitrogens with zero attached hydrogens (tertiary/aromatic N) is 2. The highest BCUT2D eigenvalue weighted by Gasteiger charge is 2.45. The summed E-state index contributed by atoms with van der Waals surface area (Å²) in [5, 5.41) is 8.89. The van der Waals surface area contributed by atoms with Gasteiger partial charge >= 0.3 is 0 Å². The third kappa shape index (κ3) is 3.09. The van der Waals surface area contributed by atoms with Gasteiger partial charge in [-0.05, 0) is 42.5 Å². The summed E-state index contributed by atoms with van der Waals surface area (Å²) in [4.78, 5) is 0. The summed E-state index contributed by atoms with van der Waals surface area (Å²) in [6.45, 7) is 0. The fraction of sp³-hybridized carbons (Fsp3) is 0.0870. The fourth-order valence-electron chi connectivity index (χ4n) is 3.56. The van der Waals surface area contributed by atoms with E-state index in [2.05, 4.69) is 97.1 Å². The van der Waals surface area contributed by atoms with Gasteiger partial charge in [-0.1, -0.05) is 54.6 Å². The van der Waals surface area contributed by atoms with E-state index < -0.39 is 7.26 Å². The quantitative estimate of drug-likeness (QED) is 0.495. The molecule has 26 heavy (non-hydrogen) atoms. The molecule has 4 aromatic rings. The van der Waals surface area contributed by atoms with E-state index in [1.54, 1.807) is 0 Å². The van der Waals surface area contributed by atoms with Crippen LogP contribution >= 0.6 is 7.26 Å². The van der Waals surface area contributed by atoms with Crippen LogP contribution in [-0.2, 0) is 13.2 Å². The molecule has 0 unspecified atom stereocenters. The average molecular weight is 357 g/mol. The number of hydrogen-bond acceptors (Lipinski definition) is 1. The molecule has 0 amide bonds. The summed E-state index contributed by atoms with van der Waals surface area (Å²) in [6, 6.07) is 34.9. The second kappa shape index (κ2) is 7.27. The molecule has 3 heteroatoms. The van der Waals surface area contributed by atoms with Crippen molar-refractivity contribution in [2.45, 2.75) is 6.16 Å². The van der Waals surface area contributed by atoms with Crippen LogP contribution in [0.5, 0.6) is 0 Å². The molecule has 1 heterocycles. The highest BCUT2D eigenvalue weighted by Crippen LogP contribution is 2.57. The molecule has 1 aromatic heterocycles. The maximum absolute atomic E-state index is 4.72. The van der Waals surface area contributed by atoms with Crippen molar-refractivity contribution in [3.8, 4) is 0 Å². The van der Waals surface area contributed by atoms with Crippen LogP contribution in [0.25, 0.3) is 0 Å². The summed E-state index contributed by atoms with van der Waals surface area (Å²) < 4.78 is 1.89. The first-order valence-electron chi connectivity index (χ1n) is 8.82. The van der Waals surface area contributed by atoms with Gasteiger partial charge in [0.15, 0.2) is 0 Å². The average Bonchev–Trinajstić information content (AvgIpc) is 3.13. The molecule has 0 atom stereocenters. The summed E-state index contributed by atoms with van der Waals surface area (Å²) in [7, 11) is 0.146. The normalized spacial score (nSPS) is 11.4. The molecule has 0 spiro atoms. The van der Waals surface area contributed by atoms with Crippen LogP contribution < -0.4 is 15.9 Å². The minimum Gasteiger partial charge on any atom is -0.275 e. The largest absolute Gasteiger partial charge is 0.275 e. The van der Waals surface area contributed by atoms with Crippen LogP contribution in [-0.4, -0.2) is 9.78 Å². The lowest BCUT2D eigenvalue weighted by Crippen LogP contribution is -2.32. The highest BCUT2D eigenvalue weighted by atomic mass is 31.2. The van der Waals surface area contributed by atoms with Crippen molar-refractivity contribution in [3.63, 3.8) is 0 Å². The first kappa shape index (κ1) is 16.8. The number of aromatic nitrogens is 2. The first-order valence-corrected chi connectivity index (χ1v) is 10.8. The van der Waals surface area contributed by atoms with Gasteiger partial charge in [0.05, 0.1) is 0 Å². The Morgan fingerprint density at radius 1 is 0.654 bits per heavy atom. The second-order valence-electron chi connectivity index (χ2n) is 6.46. The molecule has 2 nitrogen and oxygen atoms in total. The van der Waals surface area contributed by atoms with Gasteiger partial charge in [-0.25, -0.2) is 0 Å². The summed E-state index contributed by atoms with van der Waals surface area (Å²) in [5.41, 5.74) is 1.14. The van der Waals surface area contributed by atoms with Crippen molar-refractivity contribution in [3.05, 3.63) is 109 Å². The molecule has 0 radical (unpaired) electrons. The van der Waals surface area contributed by atoms with Crippen LogP contribution in [0.4, 0.5) is 0 Å². The molecule has 0 aliphatic carbocycles. The van der Waals surface area contributed by atoms with Crippen molar-refractivity contribution < 1.29 is 0 Å². The Hall–Kier alpha value is -2.70. The predicted molar refractivity (Wildman–Crippen MR) is 112 cm³/mol.